The normalized spacial score (nSPS) is 18.6. The number of pyridine rings is 1. The van der Waals surface area contributed by atoms with Gasteiger partial charge in [0, 0.05) is 19.3 Å². The predicted molar refractivity (Wildman–Crippen MR) is 75.5 cm³/mol. The van der Waals surface area contributed by atoms with Crippen LogP contribution in [0.5, 0.6) is 0 Å². The second-order valence-corrected chi connectivity index (χ2v) is 5.64. The van der Waals surface area contributed by atoms with Gasteiger partial charge in [-0.25, -0.2) is 0 Å². The van der Waals surface area contributed by atoms with Gasteiger partial charge in [-0.2, -0.15) is 18.4 Å². The number of likely N-dealkylation sites (tertiary alicyclic amines) is 1. The second-order valence-electron chi connectivity index (χ2n) is 5.64. The summed E-state index contributed by atoms with van der Waals surface area (Å²) in [5, 5.41) is 8.95. The van der Waals surface area contributed by atoms with Crippen LogP contribution in [0.2, 0.25) is 0 Å². The quantitative estimate of drug-likeness (QED) is 0.832. The molecule has 0 spiro atoms. The van der Waals surface area contributed by atoms with Gasteiger partial charge >= 0.3 is 6.18 Å². The van der Waals surface area contributed by atoms with Gasteiger partial charge in [-0.1, -0.05) is 0 Å². The second kappa shape index (κ2) is 6.44. The van der Waals surface area contributed by atoms with Crippen LogP contribution >= 0.6 is 0 Å². The van der Waals surface area contributed by atoms with E-state index in [0.29, 0.717) is 5.56 Å². The van der Waals surface area contributed by atoms with E-state index in [2.05, 4.69) is 0 Å². The highest BCUT2D eigenvalue weighted by molar-refractivity contribution is 5.76. The number of carbonyl (C=O) groups is 1. The third-order valence-electron chi connectivity index (χ3n) is 4.03. The summed E-state index contributed by atoms with van der Waals surface area (Å²) in [6, 6.07) is 3.31. The molecule has 8 heteroatoms. The van der Waals surface area contributed by atoms with Crippen molar-refractivity contribution in [3.05, 3.63) is 33.7 Å². The van der Waals surface area contributed by atoms with Crippen molar-refractivity contribution < 1.29 is 18.0 Å². The SMILES string of the molecule is Cc1ccn(CC(=O)N2CCC[C@H](C(F)(F)F)C2)c(=O)c1C#N. The van der Waals surface area contributed by atoms with Crippen LogP contribution in [0, 0.1) is 24.2 Å². The average molecular weight is 327 g/mol. The molecular formula is C15H16F3N3O2. The Kier molecular flexibility index (Phi) is 4.78. The van der Waals surface area contributed by atoms with Crippen molar-refractivity contribution >= 4 is 5.91 Å². The molecule has 0 radical (unpaired) electrons. The zero-order valence-corrected chi connectivity index (χ0v) is 12.6. The third-order valence-corrected chi connectivity index (χ3v) is 4.03. The van der Waals surface area contributed by atoms with E-state index < -0.39 is 23.6 Å². The standard InChI is InChI=1S/C15H16F3N3O2/c1-10-4-6-21(14(23)12(10)7-19)9-13(22)20-5-2-3-11(8-20)15(16,17)18/h4,6,11H,2-3,5,8-9H2,1H3/t11-/m0/s1. The first kappa shape index (κ1) is 17.1. The average Bonchev–Trinajstić information content (AvgIpc) is 2.50. The Balaban J connectivity index is 2.14. The van der Waals surface area contributed by atoms with Gasteiger partial charge in [-0.15, -0.1) is 0 Å². The van der Waals surface area contributed by atoms with Crippen molar-refractivity contribution in [2.75, 3.05) is 13.1 Å². The Morgan fingerprint density at radius 1 is 1.48 bits per heavy atom. The zero-order chi connectivity index (χ0) is 17.2. The lowest BCUT2D eigenvalue weighted by atomic mass is 9.97. The van der Waals surface area contributed by atoms with E-state index in [1.54, 1.807) is 13.0 Å². The highest BCUT2D eigenvalue weighted by Crippen LogP contribution is 2.33. The minimum atomic E-state index is -4.33. The molecule has 1 aliphatic rings. The molecule has 5 nitrogen and oxygen atoms in total. The van der Waals surface area contributed by atoms with Gasteiger partial charge in [0.2, 0.25) is 5.91 Å². The number of aryl methyl sites for hydroxylation is 1. The van der Waals surface area contributed by atoms with E-state index in [1.165, 1.54) is 12.3 Å². The number of nitriles is 1. The fraction of sp³-hybridized carbons (Fsp3) is 0.533. The molecular weight excluding hydrogens is 311 g/mol. The van der Waals surface area contributed by atoms with Crippen molar-refractivity contribution in [3.8, 4) is 6.07 Å². The summed E-state index contributed by atoms with van der Waals surface area (Å²) in [6.45, 7) is 1.11. The van der Waals surface area contributed by atoms with Crippen LogP contribution in [-0.2, 0) is 11.3 Å². The van der Waals surface area contributed by atoms with Crippen LogP contribution < -0.4 is 5.56 Å². The molecule has 0 saturated carbocycles. The van der Waals surface area contributed by atoms with Crippen molar-refractivity contribution in [3.63, 3.8) is 0 Å². The molecule has 1 atom stereocenters. The molecule has 0 bridgehead atoms. The zero-order valence-electron chi connectivity index (χ0n) is 12.6. The molecule has 1 aromatic heterocycles. The minimum absolute atomic E-state index is 0.0103. The summed E-state index contributed by atoms with van der Waals surface area (Å²) in [7, 11) is 0. The lowest BCUT2D eigenvalue weighted by Gasteiger charge is -2.33. The maximum Gasteiger partial charge on any atom is 0.393 e. The number of hydrogen-bond donors (Lipinski definition) is 0. The predicted octanol–water partition coefficient (Wildman–Crippen LogP) is 1.83. The summed E-state index contributed by atoms with van der Waals surface area (Å²) >= 11 is 0. The Morgan fingerprint density at radius 3 is 2.78 bits per heavy atom. The molecule has 0 unspecified atom stereocenters. The van der Waals surface area contributed by atoms with Gasteiger partial charge < -0.3 is 9.47 Å². The minimum Gasteiger partial charge on any atom is -0.341 e. The number of amides is 1. The number of hydrogen-bond acceptors (Lipinski definition) is 3. The fourth-order valence-electron chi connectivity index (χ4n) is 2.64. The molecule has 2 rings (SSSR count). The highest BCUT2D eigenvalue weighted by Gasteiger charge is 2.42. The van der Waals surface area contributed by atoms with Crippen LogP contribution in [0.1, 0.15) is 24.0 Å². The number of carbonyl (C=O) groups excluding carboxylic acids is 1. The molecule has 0 aromatic carbocycles. The summed E-state index contributed by atoms with van der Waals surface area (Å²) in [5.74, 6) is -2.07. The molecule has 0 N–H and O–H groups in total. The Labute approximate surface area is 130 Å². The van der Waals surface area contributed by atoms with Crippen LogP contribution in [-0.4, -0.2) is 34.6 Å². The molecule has 1 fully saturated rings. The van der Waals surface area contributed by atoms with Gasteiger partial charge in [-0.3, -0.25) is 9.59 Å². The monoisotopic (exact) mass is 327 g/mol. The lowest BCUT2D eigenvalue weighted by molar-refractivity contribution is -0.188. The molecule has 1 aromatic rings. The first-order valence-electron chi connectivity index (χ1n) is 7.18. The van der Waals surface area contributed by atoms with E-state index in [-0.39, 0.29) is 38.0 Å². The van der Waals surface area contributed by atoms with E-state index in [1.807, 2.05) is 0 Å². The van der Waals surface area contributed by atoms with E-state index in [4.69, 9.17) is 5.26 Å². The van der Waals surface area contributed by atoms with Crippen molar-refractivity contribution in [1.82, 2.24) is 9.47 Å². The Hall–Kier alpha value is -2.30. The number of nitrogens with zero attached hydrogens (tertiary/aromatic N) is 3. The van der Waals surface area contributed by atoms with E-state index in [9.17, 15) is 22.8 Å². The van der Waals surface area contributed by atoms with Gasteiger partial charge in [-0.05, 0) is 31.4 Å². The van der Waals surface area contributed by atoms with Gasteiger partial charge in [0.25, 0.3) is 5.56 Å². The maximum atomic E-state index is 12.8. The van der Waals surface area contributed by atoms with Crippen LogP contribution in [0.4, 0.5) is 13.2 Å². The number of halogens is 3. The molecule has 2 heterocycles. The lowest BCUT2D eigenvalue weighted by Crippen LogP contribution is -2.46. The summed E-state index contributed by atoms with van der Waals surface area (Å²) in [6.07, 6.45) is -2.66. The smallest absolute Gasteiger partial charge is 0.341 e. The molecule has 23 heavy (non-hydrogen) atoms. The van der Waals surface area contributed by atoms with Gasteiger partial charge in [0.05, 0.1) is 5.92 Å². The van der Waals surface area contributed by atoms with Gasteiger partial charge in [0.15, 0.2) is 0 Å². The van der Waals surface area contributed by atoms with Crippen LogP contribution in [0.15, 0.2) is 17.1 Å². The molecule has 0 aliphatic carbocycles. The van der Waals surface area contributed by atoms with E-state index >= 15 is 0 Å². The van der Waals surface area contributed by atoms with Gasteiger partial charge in [0.1, 0.15) is 18.2 Å². The number of alkyl halides is 3. The topological polar surface area (TPSA) is 66.1 Å². The first-order chi connectivity index (χ1) is 10.7. The summed E-state index contributed by atoms with van der Waals surface area (Å²) < 4.78 is 39.4. The number of piperidine rings is 1. The summed E-state index contributed by atoms with van der Waals surface area (Å²) in [4.78, 5) is 25.4. The molecule has 124 valence electrons. The maximum absolute atomic E-state index is 12.8. The largest absolute Gasteiger partial charge is 0.393 e. The molecule has 1 saturated heterocycles. The summed E-state index contributed by atoms with van der Waals surface area (Å²) in [5.41, 5.74) is -0.173. The third kappa shape index (κ3) is 3.73. The molecule has 1 aliphatic heterocycles. The van der Waals surface area contributed by atoms with Crippen molar-refractivity contribution in [1.29, 1.82) is 5.26 Å². The van der Waals surface area contributed by atoms with Crippen LogP contribution in [0.25, 0.3) is 0 Å². The fourth-order valence-corrected chi connectivity index (χ4v) is 2.64. The van der Waals surface area contributed by atoms with Crippen molar-refractivity contribution in [2.24, 2.45) is 5.92 Å². The van der Waals surface area contributed by atoms with Crippen molar-refractivity contribution in [2.45, 2.75) is 32.5 Å². The number of aromatic nitrogens is 1. The molecule has 1 amide bonds. The Bertz CT molecular complexity index is 703. The highest BCUT2D eigenvalue weighted by atomic mass is 19.4. The number of rotatable bonds is 2. The van der Waals surface area contributed by atoms with Crippen LogP contribution in [0.3, 0.4) is 0 Å². The first-order valence-corrected chi connectivity index (χ1v) is 7.18. The van der Waals surface area contributed by atoms with E-state index in [0.717, 1.165) is 9.47 Å². The Morgan fingerprint density at radius 2 is 2.17 bits per heavy atom.